The van der Waals surface area contributed by atoms with Crippen LogP contribution in [0.1, 0.15) is 47.0 Å². The first-order valence-electron chi connectivity index (χ1n) is 9.65. The maximum atomic E-state index is 13.2. The second-order valence-electron chi connectivity index (χ2n) is 7.75. The molecular weight excluding hydrogens is 369 g/mol. The molecule has 8 heteroatoms. The fourth-order valence-corrected chi connectivity index (χ4v) is 3.49. The molecule has 7 nitrogen and oxygen atoms in total. The Balaban J connectivity index is 2.64. The van der Waals surface area contributed by atoms with E-state index in [1.807, 2.05) is 26.0 Å². The second kappa shape index (κ2) is 11.0. The Morgan fingerprint density at radius 1 is 1.25 bits per heavy atom. The molecule has 28 heavy (non-hydrogen) atoms. The quantitative estimate of drug-likeness (QED) is 0.228. The van der Waals surface area contributed by atoms with Crippen molar-refractivity contribution in [2.24, 2.45) is 34.3 Å². The molecule has 1 aliphatic carbocycles. The van der Waals surface area contributed by atoms with Gasteiger partial charge >= 0.3 is 11.9 Å². The van der Waals surface area contributed by atoms with Crippen molar-refractivity contribution < 1.29 is 28.2 Å². The van der Waals surface area contributed by atoms with Gasteiger partial charge in [0.05, 0.1) is 17.3 Å². The highest BCUT2D eigenvalue weighted by molar-refractivity contribution is 5.86. The molecule has 0 N–H and O–H groups in total. The summed E-state index contributed by atoms with van der Waals surface area (Å²) in [7, 11) is 0. The summed E-state index contributed by atoms with van der Waals surface area (Å²) in [4.78, 5) is 46.9. The largest absolute Gasteiger partial charge is 0.462 e. The van der Waals surface area contributed by atoms with Crippen molar-refractivity contribution in [1.82, 2.24) is 0 Å². The van der Waals surface area contributed by atoms with Gasteiger partial charge in [0.15, 0.2) is 0 Å². The number of hydrogen-bond donors (Lipinski definition) is 0. The lowest BCUT2D eigenvalue weighted by Crippen LogP contribution is -2.35. The molecule has 158 valence electrons. The third kappa shape index (κ3) is 6.21. The number of amides is 1. The number of ether oxygens (including phenoxy) is 2. The Bertz CT molecular complexity index is 608. The summed E-state index contributed by atoms with van der Waals surface area (Å²) in [6, 6.07) is 0. The molecular formula is C20H30FNO6. The van der Waals surface area contributed by atoms with Gasteiger partial charge in [-0.1, -0.05) is 39.3 Å². The number of nitroso groups, excluding NO2 is 1. The van der Waals surface area contributed by atoms with Crippen LogP contribution in [-0.2, 0) is 23.9 Å². The Kier molecular flexibility index (Phi) is 9.41. The number of halogens is 1. The van der Waals surface area contributed by atoms with Gasteiger partial charge in [0, 0.05) is 5.18 Å². The number of nitrogens with zero attached hydrogens (tertiary/aromatic N) is 1. The van der Waals surface area contributed by atoms with Crippen molar-refractivity contribution in [1.29, 1.82) is 0 Å². The van der Waals surface area contributed by atoms with Crippen LogP contribution < -0.4 is 0 Å². The predicted molar refractivity (Wildman–Crippen MR) is 101 cm³/mol. The van der Waals surface area contributed by atoms with Crippen LogP contribution in [0.4, 0.5) is 4.39 Å². The van der Waals surface area contributed by atoms with Crippen LogP contribution in [0.15, 0.2) is 17.3 Å². The van der Waals surface area contributed by atoms with Gasteiger partial charge in [0.25, 0.3) is 5.91 Å². The minimum absolute atomic E-state index is 0.207. The van der Waals surface area contributed by atoms with E-state index in [0.717, 1.165) is 0 Å². The summed E-state index contributed by atoms with van der Waals surface area (Å²) in [5.41, 5.74) is -1.21. The fraction of sp³-hybridized carbons (Fsp3) is 0.750. The highest BCUT2D eigenvalue weighted by Crippen LogP contribution is 2.35. The second-order valence-corrected chi connectivity index (χ2v) is 7.75. The summed E-state index contributed by atoms with van der Waals surface area (Å²) in [6.45, 7) is 5.56. The van der Waals surface area contributed by atoms with Gasteiger partial charge in [-0.3, -0.25) is 14.4 Å². The van der Waals surface area contributed by atoms with Crippen LogP contribution in [-0.4, -0.2) is 37.7 Å². The van der Waals surface area contributed by atoms with Crippen LogP contribution in [0.3, 0.4) is 0 Å². The van der Waals surface area contributed by atoms with Crippen LogP contribution in [0.5, 0.6) is 0 Å². The van der Waals surface area contributed by atoms with E-state index in [-0.39, 0.29) is 25.0 Å². The van der Waals surface area contributed by atoms with E-state index in [1.54, 1.807) is 0 Å². The van der Waals surface area contributed by atoms with Crippen LogP contribution in [0.2, 0.25) is 0 Å². The first-order chi connectivity index (χ1) is 13.2. The molecule has 5 atom stereocenters. The van der Waals surface area contributed by atoms with Crippen LogP contribution in [0, 0.1) is 34.0 Å². The SMILES string of the molecule is CCCC(C)(CF)C(=O)OCCOC(=O)C(C1C=CC(C)C1)C(C)C(=O)N=O. The Labute approximate surface area is 165 Å². The molecule has 0 saturated heterocycles. The molecule has 1 rings (SSSR count). The highest BCUT2D eigenvalue weighted by Gasteiger charge is 2.39. The minimum Gasteiger partial charge on any atom is -0.462 e. The van der Waals surface area contributed by atoms with E-state index in [0.29, 0.717) is 19.3 Å². The lowest BCUT2D eigenvalue weighted by Gasteiger charge is -2.25. The molecule has 0 fully saturated rings. The molecule has 0 aromatic rings. The highest BCUT2D eigenvalue weighted by atomic mass is 19.1. The summed E-state index contributed by atoms with van der Waals surface area (Å²) in [6.07, 6.45) is 5.45. The van der Waals surface area contributed by atoms with Crippen molar-refractivity contribution >= 4 is 17.8 Å². The van der Waals surface area contributed by atoms with Crippen molar-refractivity contribution in [3.05, 3.63) is 17.1 Å². The van der Waals surface area contributed by atoms with Gasteiger partial charge < -0.3 is 9.47 Å². The Morgan fingerprint density at radius 2 is 1.89 bits per heavy atom. The number of carbonyl (C=O) groups is 3. The zero-order valence-electron chi connectivity index (χ0n) is 17.0. The van der Waals surface area contributed by atoms with Crippen LogP contribution >= 0.6 is 0 Å². The zero-order chi connectivity index (χ0) is 21.3. The van der Waals surface area contributed by atoms with Gasteiger partial charge in [0.2, 0.25) is 0 Å². The first-order valence-corrected chi connectivity index (χ1v) is 9.65. The number of carbonyl (C=O) groups excluding carboxylic acids is 3. The van der Waals surface area contributed by atoms with E-state index >= 15 is 0 Å². The van der Waals surface area contributed by atoms with Gasteiger partial charge in [-0.15, -0.1) is 4.91 Å². The lowest BCUT2D eigenvalue weighted by atomic mass is 9.81. The van der Waals surface area contributed by atoms with E-state index in [4.69, 9.17) is 9.47 Å². The summed E-state index contributed by atoms with van der Waals surface area (Å²) in [5, 5.41) is 2.43. The Morgan fingerprint density at radius 3 is 2.39 bits per heavy atom. The number of alkyl halides is 1. The lowest BCUT2D eigenvalue weighted by molar-refractivity contribution is -0.164. The number of hydrogen-bond acceptors (Lipinski definition) is 6. The maximum Gasteiger partial charge on any atom is 0.314 e. The number of allylic oxidation sites excluding steroid dienone is 2. The van der Waals surface area contributed by atoms with Gasteiger partial charge in [0.1, 0.15) is 19.9 Å². The third-order valence-corrected chi connectivity index (χ3v) is 5.23. The summed E-state index contributed by atoms with van der Waals surface area (Å²) < 4.78 is 23.4. The van der Waals surface area contributed by atoms with E-state index in [2.05, 4.69) is 5.18 Å². The molecule has 1 aliphatic rings. The topological polar surface area (TPSA) is 99.1 Å². The number of rotatable bonds is 11. The monoisotopic (exact) mass is 399 g/mol. The summed E-state index contributed by atoms with van der Waals surface area (Å²) >= 11 is 0. The van der Waals surface area contributed by atoms with E-state index in [1.165, 1.54) is 13.8 Å². The predicted octanol–water partition coefficient (Wildman–Crippen LogP) is 3.61. The molecule has 5 unspecified atom stereocenters. The van der Waals surface area contributed by atoms with Crippen molar-refractivity contribution in [2.45, 2.75) is 47.0 Å². The first kappa shape index (κ1) is 23.9. The molecule has 0 spiro atoms. The summed E-state index contributed by atoms with van der Waals surface area (Å²) in [5.74, 6) is -3.95. The molecule has 1 amide bonds. The van der Waals surface area contributed by atoms with Gasteiger partial charge in [-0.2, -0.15) is 0 Å². The molecule has 0 heterocycles. The van der Waals surface area contributed by atoms with Gasteiger partial charge in [-0.05, 0) is 31.6 Å². The van der Waals surface area contributed by atoms with Crippen molar-refractivity contribution in [3.8, 4) is 0 Å². The smallest absolute Gasteiger partial charge is 0.314 e. The normalized spacial score (nSPS) is 22.8. The van der Waals surface area contributed by atoms with E-state index < -0.39 is 41.8 Å². The molecule has 0 bridgehead atoms. The average molecular weight is 399 g/mol. The van der Waals surface area contributed by atoms with Gasteiger partial charge in [-0.25, -0.2) is 4.39 Å². The minimum atomic E-state index is -1.21. The van der Waals surface area contributed by atoms with Crippen molar-refractivity contribution in [2.75, 3.05) is 19.9 Å². The molecule has 0 aromatic heterocycles. The van der Waals surface area contributed by atoms with E-state index in [9.17, 15) is 23.7 Å². The molecule has 0 saturated carbocycles. The molecule has 0 aliphatic heterocycles. The third-order valence-electron chi connectivity index (χ3n) is 5.23. The van der Waals surface area contributed by atoms with Crippen LogP contribution in [0.25, 0.3) is 0 Å². The zero-order valence-corrected chi connectivity index (χ0v) is 17.0. The standard InChI is InChI=1S/C20H30FNO6/c1-5-8-20(4,12-21)19(25)28-10-9-27-18(24)16(14(3)17(23)22-26)15-7-6-13(2)11-15/h6-7,13-16H,5,8-12H2,1-4H3. The molecule has 0 radical (unpaired) electrons. The fourth-order valence-electron chi connectivity index (χ4n) is 3.49. The van der Waals surface area contributed by atoms with Crippen molar-refractivity contribution in [3.63, 3.8) is 0 Å². The average Bonchev–Trinajstić information content (AvgIpc) is 3.10. The molecule has 0 aromatic carbocycles. The Hall–Kier alpha value is -2.12. The number of esters is 2. The maximum absolute atomic E-state index is 13.2.